The number of para-hydroxylation sites is 1. The van der Waals surface area contributed by atoms with E-state index in [9.17, 15) is 0 Å². The molecule has 0 radical (unpaired) electrons. The Bertz CT molecular complexity index is 609. The summed E-state index contributed by atoms with van der Waals surface area (Å²) < 4.78 is 13.7. The normalized spacial score (nSPS) is 15.0. The first-order valence-corrected chi connectivity index (χ1v) is 7.42. The minimum atomic E-state index is -0.0109. The SMILES string of the molecule is CCCn1ccnc1C(NC)c1cccc2c1OCCO2. The molecule has 1 aromatic heterocycles. The van der Waals surface area contributed by atoms with Crippen LogP contribution in [-0.4, -0.2) is 29.8 Å². The smallest absolute Gasteiger partial charge is 0.166 e. The second kappa shape index (κ2) is 6.18. The maximum absolute atomic E-state index is 5.83. The van der Waals surface area contributed by atoms with Crippen LogP contribution >= 0.6 is 0 Å². The molecule has 0 amide bonds. The van der Waals surface area contributed by atoms with Crippen molar-refractivity contribution in [3.63, 3.8) is 0 Å². The highest BCUT2D eigenvalue weighted by Gasteiger charge is 2.25. The highest BCUT2D eigenvalue weighted by Crippen LogP contribution is 2.38. The van der Waals surface area contributed by atoms with Gasteiger partial charge in [-0.25, -0.2) is 4.98 Å². The number of hydrogen-bond acceptors (Lipinski definition) is 4. The molecule has 21 heavy (non-hydrogen) atoms. The molecule has 2 heterocycles. The summed E-state index contributed by atoms with van der Waals surface area (Å²) in [6.07, 6.45) is 4.95. The Labute approximate surface area is 124 Å². The Kier molecular flexibility index (Phi) is 4.10. The molecule has 112 valence electrons. The van der Waals surface area contributed by atoms with E-state index < -0.39 is 0 Å². The summed E-state index contributed by atoms with van der Waals surface area (Å²) in [5, 5.41) is 3.35. The maximum Gasteiger partial charge on any atom is 0.166 e. The lowest BCUT2D eigenvalue weighted by molar-refractivity contribution is 0.169. The van der Waals surface area contributed by atoms with Gasteiger partial charge in [0.1, 0.15) is 19.0 Å². The second-order valence-electron chi connectivity index (χ2n) is 5.07. The molecule has 0 fully saturated rings. The molecule has 1 N–H and O–H groups in total. The van der Waals surface area contributed by atoms with Gasteiger partial charge in [-0.15, -0.1) is 0 Å². The molecular formula is C16H21N3O2. The number of ether oxygens (including phenoxy) is 2. The van der Waals surface area contributed by atoms with Gasteiger partial charge in [-0.3, -0.25) is 0 Å². The molecule has 5 nitrogen and oxygen atoms in total. The fourth-order valence-corrected chi connectivity index (χ4v) is 2.76. The number of imidazole rings is 1. The summed E-state index contributed by atoms with van der Waals surface area (Å²) in [5.41, 5.74) is 1.07. The van der Waals surface area contributed by atoms with E-state index in [1.54, 1.807) is 0 Å². The van der Waals surface area contributed by atoms with Gasteiger partial charge in [-0.1, -0.05) is 19.1 Å². The third-order valence-electron chi connectivity index (χ3n) is 3.67. The van der Waals surface area contributed by atoms with Crippen molar-refractivity contribution >= 4 is 0 Å². The fourth-order valence-electron chi connectivity index (χ4n) is 2.76. The molecule has 1 atom stereocenters. The molecule has 1 unspecified atom stereocenters. The predicted octanol–water partition coefficient (Wildman–Crippen LogP) is 2.37. The Morgan fingerprint density at radius 1 is 1.33 bits per heavy atom. The number of rotatable bonds is 5. The standard InChI is InChI=1S/C16H21N3O2/c1-3-8-19-9-7-18-16(19)14(17-2)12-5-4-6-13-15(12)21-11-10-20-13/h4-7,9,14,17H,3,8,10-11H2,1-2H3. The van der Waals surface area contributed by atoms with Crippen molar-refractivity contribution in [1.29, 1.82) is 0 Å². The van der Waals surface area contributed by atoms with Crippen LogP contribution in [0.1, 0.15) is 30.8 Å². The van der Waals surface area contributed by atoms with E-state index >= 15 is 0 Å². The van der Waals surface area contributed by atoms with Crippen LogP contribution in [0.2, 0.25) is 0 Å². The largest absolute Gasteiger partial charge is 0.486 e. The highest BCUT2D eigenvalue weighted by atomic mass is 16.6. The van der Waals surface area contributed by atoms with Crippen LogP contribution in [0.25, 0.3) is 0 Å². The van der Waals surface area contributed by atoms with Crippen molar-refractivity contribution in [2.75, 3.05) is 20.3 Å². The number of aromatic nitrogens is 2. The third-order valence-corrected chi connectivity index (χ3v) is 3.67. The van der Waals surface area contributed by atoms with Gasteiger partial charge in [0.25, 0.3) is 0 Å². The molecule has 5 heteroatoms. The molecule has 0 bridgehead atoms. The Hall–Kier alpha value is -2.01. The molecule has 1 aliphatic heterocycles. The maximum atomic E-state index is 5.83. The van der Waals surface area contributed by atoms with E-state index in [1.807, 2.05) is 31.6 Å². The van der Waals surface area contributed by atoms with Crippen molar-refractivity contribution in [2.24, 2.45) is 0 Å². The molecule has 0 spiro atoms. The highest BCUT2D eigenvalue weighted by molar-refractivity contribution is 5.50. The first-order valence-electron chi connectivity index (χ1n) is 7.42. The molecule has 3 rings (SSSR count). The molecule has 2 aromatic rings. The van der Waals surface area contributed by atoms with E-state index in [2.05, 4.69) is 27.9 Å². The fraction of sp³-hybridized carbons (Fsp3) is 0.438. The molecule has 0 saturated carbocycles. The van der Waals surface area contributed by atoms with Gasteiger partial charge in [0.05, 0.1) is 6.04 Å². The summed E-state index contributed by atoms with van der Waals surface area (Å²) in [6.45, 7) is 4.31. The Morgan fingerprint density at radius 3 is 3.00 bits per heavy atom. The topological polar surface area (TPSA) is 48.3 Å². The van der Waals surface area contributed by atoms with Crippen molar-refractivity contribution in [1.82, 2.24) is 14.9 Å². The summed E-state index contributed by atoms with van der Waals surface area (Å²) in [6, 6.07) is 6.01. The van der Waals surface area contributed by atoms with Crippen LogP contribution in [0, 0.1) is 0 Å². The summed E-state index contributed by atoms with van der Waals surface area (Å²) >= 11 is 0. The van der Waals surface area contributed by atoms with E-state index in [1.165, 1.54) is 0 Å². The third kappa shape index (κ3) is 2.61. The van der Waals surface area contributed by atoms with Crippen LogP contribution < -0.4 is 14.8 Å². The average Bonchev–Trinajstić information content (AvgIpc) is 2.97. The van der Waals surface area contributed by atoms with Gasteiger partial charge < -0.3 is 19.4 Å². The summed E-state index contributed by atoms with van der Waals surface area (Å²) in [7, 11) is 1.94. The number of nitrogens with zero attached hydrogens (tertiary/aromatic N) is 2. The quantitative estimate of drug-likeness (QED) is 0.917. The molecule has 0 aliphatic carbocycles. The van der Waals surface area contributed by atoms with E-state index in [0.717, 1.165) is 35.9 Å². The molecule has 1 aliphatic rings. The van der Waals surface area contributed by atoms with Gasteiger partial charge in [0.15, 0.2) is 11.5 Å². The van der Waals surface area contributed by atoms with Crippen molar-refractivity contribution < 1.29 is 9.47 Å². The van der Waals surface area contributed by atoms with E-state index in [-0.39, 0.29) is 6.04 Å². The number of fused-ring (bicyclic) bond motifs is 1. The lowest BCUT2D eigenvalue weighted by Gasteiger charge is -2.25. The van der Waals surface area contributed by atoms with Crippen LogP contribution in [-0.2, 0) is 6.54 Å². The monoisotopic (exact) mass is 287 g/mol. The van der Waals surface area contributed by atoms with Crippen LogP contribution in [0.15, 0.2) is 30.6 Å². The second-order valence-corrected chi connectivity index (χ2v) is 5.07. The predicted molar refractivity (Wildman–Crippen MR) is 80.9 cm³/mol. The zero-order valence-corrected chi connectivity index (χ0v) is 12.5. The van der Waals surface area contributed by atoms with Gasteiger partial charge in [-0.05, 0) is 19.5 Å². The van der Waals surface area contributed by atoms with E-state index in [0.29, 0.717) is 13.2 Å². The summed E-state index contributed by atoms with van der Waals surface area (Å²) in [4.78, 5) is 4.54. The zero-order valence-electron chi connectivity index (χ0n) is 12.5. The lowest BCUT2D eigenvalue weighted by Crippen LogP contribution is -2.24. The first kappa shape index (κ1) is 13.9. The van der Waals surface area contributed by atoms with Gasteiger partial charge in [0, 0.05) is 24.5 Å². The number of aryl methyl sites for hydroxylation is 1. The van der Waals surface area contributed by atoms with Crippen LogP contribution in [0.5, 0.6) is 11.5 Å². The van der Waals surface area contributed by atoms with Crippen LogP contribution in [0.3, 0.4) is 0 Å². The first-order chi connectivity index (χ1) is 10.3. The Morgan fingerprint density at radius 2 is 2.19 bits per heavy atom. The van der Waals surface area contributed by atoms with Crippen molar-refractivity contribution in [3.8, 4) is 11.5 Å². The lowest BCUT2D eigenvalue weighted by atomic mass is 10.0. The van der Waals surface area contributed by atoms with Crippen LogP contribution in [0.4, 0.5) is 0 Å². The average molecular weight is 287 g/mol. The van der Waals surface area contributed by atoms with Gasteiger partial charge >= 0.3 is 0 Å². The number of benzene rings is 1. The van der Waals surface area contributed by atoms with E-state index in [4.69, 9.17) is 9.47 Å². The minimum Gasteiger partial charge on any atom is -0.486 e. The van der Waals surface area contributed by atoms with Gasteiger partial charge in [0.2, 0.25) is 0 Å². The number of nitrogens with one attached hydrogen (secondary N) is 1. The number of hydrogen-bond donors (Lipinski definition) is 1. The Balaban J connectivity index is 2.02. The molecule has 1 aromatic carbocycles. The zero-order chi connectivity index (χ0) is 14.7. The molecule has 0 saturated heterocycles. The van der Waals surface area contributed by atoms with Crippen molar-refractivity contribution in [3.05, 3.63) is 42.0 Å². The molecular weight excluding hydrogens is 266 g/mol. The van der Waals surface area contributed by atoms with Crippen molar-refractivity contribution in [2.45, 2.75) is 25.9 Å². The van der Waals surface area contributed by atoms with Gasteiger partial charge in [-0.2, -0.15) is 0 Å². The summed E-state index contributed by atoms with van der Waals surface area (Å²) in [5.74, 6) is 2.64. The minimum absolute atomic E-state index is 0.0109.